The summed E-state index contributed by atoms with van der Waals surface area (Å²) in [5.74, 6) is -0.260. The Kier molecular flexibility index (Phi) is 37.6. The van der Waals surface area contributed by atoms with Crippen LogP contribution in [0.1, 0.15) is 188 Å². The molecule has 1 atom stereocenters. The molecule has 1 saturated heterocycles. The van der Waals surface area contributed by atoms with Crippen LogP contribution in [0.15, 0.2) is 48.6 Å². The van der Waals surface area contributed by atoms with Crippen molar-refractivity contribution in [2.75, 3.05) is 66.1 Å². The lowest BCUT2D eigenvalue weighted by Gasteiger charge is -2.38. The molecule has 1 aliphatic heterocycles. The minimum absolute atomic E-state index is 0.130. The number of hydrogen-bond acceptors (Lipinski definition) is 7. The molecule has 1 heterocycles. The fourth-order valence-electron chi connectivity index (χ4n) is 7.24. The second kappa shape index (κ2) is 40.6. The molecule has 0 aromatic carbocycles. The second-order valence-corrected chi connectivity index (χ2v) is 16.6. The van der Waals surface area contributed by atoms with Crippen molar-refractivity contribution < 1.29 is 19.1 Å². The number of piperazine rings is 1. The normalized spacial score (nSPS) is 15.0. The zero-order chi connectivity index (χ0) is 41.3. The van der Waals surface area contributed by atoms with Crippen molar-refractivity contribution in [2.24, 2.45) is 0 Å². The van der Waals surface area contributed by atoms with Crippen LogP contribution in [0.5, 0.6) is 0 Å². The van der Waals surface area contributed by atoms with Gasteiger partial charge in [-0.2, -0.15) is 0 Å². The summed E-state index contributed by atoms with van der Waals surface area (Å²) in [6, 6.07) is 0.363. The van der Waals surface area contributed by atoms with Crippen molar-refractivity contribution in [1.29, 1.82) is 0 Å². The summed E-state index contributed by atoms with van der Waals surface area (Å²) in [5, 5.41) is 0. The molecule has 0 aromatic rings. The fraction of sp³-hybridized carbons (Fsp3) is 0.800. The maximum absolute atomic E-state index is 12.7. The van der Waals surface area contributed by atoms with E-state index in [1.807, 2.05) is 0 Å². The monoisotopic (exact) mass is 798 g/mol. The Balaban J connectivity index is 2.19. The topological polar surface area (TPSA) is 62.3 Å². The van der Waals surface area contributed by atoms with Gasteiger partial charge in [0.1, 0.15) is 0 Å². The molecule has 0 spiro atoms. The van der Waals surface area contributed by atoms with Gasteiger partial charge in [-0.15, -0.1) is 0 Å². The molecule has 1 fully saturated rings. The zero-order valence-corrected chi connectivity index (χ0v) is 37.9. The summed E-state index contributed by atoms with van der Waals surface area (Å²) >= 11 is 0. The molecule has 0 saturated carbocycles. The molecule has 0 N–H and O–H groups in total. The molecule has 1 rings (SSSR count). The van der Waals surface area contributed by atoms with E-state index in [0.717, 1.165) is 71.2 Å². The highest BCUT2D eigenvalue weighted by atomic mass is 16.5. The Bertz CT molecular complexity index is 967. The summed E-state index contributed by atoms with van der Waals surface area (Å²) in [6.07, 6.45) is 48.0. The van der Waals surface area contributed by atoms with E-state index in [-0.39, 0.29) is 11.9 Å². The molecule has 0 aromatic heterocycles. The van der Waals surface area contributed by atoms with Crippen molar-refractivity contribution in [3.63, 3.8) is 0 Å². The molecule has 0 amide bonds. The minimum Gasteiger partial charge on any atom is -0.466 e. The number of carbonyl (C=O) groups is 2. The molecule has 57 heavy (non-hydrogen) atoms. The van der Waals surface area contributed by atoms with E-state index in [9.17, 15) is 9.59 Å². The van der Waals surface area contributed by atoms with Gasteiger partial charge in [-0.25, -0.2) is 0 Å². The van der Waals surface area contributed by atoms with Crippen LogP contribution < -0.4 is 0 Å². The van der Waals surface area contributed by atoms with Gasteiger partial charge in [0, 0.05) is 51.9 Å². The first-order valence-electron chi connectivity index (χ1n) is 24.0. The van der Waals surface area contributed by atoms with Crippen LogP contribution in [0, 0.1) is 0 Å². The molecule has 1 aliphatic rings. The third-order valence-corrected chi connectivity index (χ3v) is 11.2. The van der Waals surface area contributed by atoms with E-state index in [1.54, 1.807) is 0 Å². The van der Waals surface area contributed by atoms with Gasteiger partial charge in [-0.1, -0.05) is 140 Å². The van der Waals surface area contributed by atoms with Crippen LogP contribution >= 0.6 is 0 Å². The summed E-state index contributed by atoms with van der Waals surface area (Å²) in [5.41, 5.74) is 0. The van der Waals surface area contributed by atoms with Gasteiger partial charge >= 0.3 is 11.9 Å². The summed E-state index contributed by atoms with van der Waals surface area (Å²) in [4.78, 5) is 32.5. The van der Waals surface area contributed by atoms with Crippen LogP contribution in [0.3, 0.4) is 0 Å². The van der Waals surface area contributed by atoms with Crippen LogP contribution in [-0.2, 0) is 19.1 Å². The van der Waals surface area contributed by atoms with Gasteiger partial charge in [0.25, 0.3) is 0 Å². The highest BCUT2D eigenvalue weighted by Gasteiger charge is 2.22. The quantitative estimate of drug-likeness (QED) is 0.0349. The molecule has 0 radical (unpaired) electrons. The lowest BCUT2D eigenvalue weighted by atomic mass is 10.1. The Morgan fingerprint density at radius 1 is 0.526 bits per heavy atom. The Morgan fingerprint density at radius 3 is 1.30 bits per heavy atom. The average Bonchev–Trinajstić information content (AvgIpc) is 3.21. The molecule has 0 bridgehead atoms. The van der Waals surface area contributed by atoms with Crippen LogP contribution in [0.4, 0.5) is 0 Å². The number of allylic oxidation sites excluding steroid dienone is 8. The minimum atomic E-state index is -0.130. The highest BCUT2D eigenvalue weighted by Crippen LogP contribution is 2.12. The fourth-order valence-corrected chi connectivity index (χ4v) is 7.24. The predicted molar refractivity (Wildman–Crippen MR) is 245 cm³/mol. The zero-order valence-electron chi connectivity index (χ0n) is 37.9. The van der Waals surface area contributed by atoms with E-state index < -0.39 is 0 Å². The van der Waals surface area contributed by atoms with E-state index in [0.29, 0.717) is 45.2 Å². The average molecular weight is 798 g/mol. The summed E-state index contributed by atoms with van der Waals surface area (Å²) < 4.78 is 11.2. The number of esters is 2. The van der Waals surface area contributed by atoms with E-state index in [4.69, 9.17) is 9.47 Å². The Hall–Kier alpha value is -2.22. The number of rotatable bonds is 39. The Morgan fingerprint density at radius 2 is 0.895 bits per heavy atom. The summed E-state index contributed by atoms with van der Waals surface area (Å²) in [7, 11) is 2.18. The maximum Gasteiger partial charge on any atom is 0.307 e. The number of ether oxygens (including phenoxy) is 2. The van der Waals surface area contributed by atoms with Gasteiger partial charge in [-0.05, 0) is 91.0 Å². The van der Waals surface area contributed by atoms with Gasteiger partial charge in [-0.3, -0.25) is 14.5 Å². The third kappa shape index (κ3) is 35.4. The van der Waals surface area contributed by atoms with Gasteiger partial charge in [0.05, 0.1) is 26.1 Å². The van der Waals surface area contributed by atoms with Crippen LogP contribution in [0.25, 0.3) is 0 Å². The number of hydrogen-bond donors (Lipinski definition) is 0. The van der Waals surface area contributed by atoms with Crippen molar-refractivity contribution in [1.82, 2.24) is 14.7 Å². The molecule has 7 heteroatoms. The van der Waals surface area contributed by atoms with Gasteiger partial charge in [0.15, 0.2) is 0 Å². The second-order valence-electron chi connectivity index (χ2n) is 16.6. The number of nitrogens with zero attached hydrogens (tertiary/aromatic N) is 3. The molecule has 330 valence electrons. The van der Waals surface area contributed by atoms with Crippen molar-refractivity contribution in [3.8, 4) is 0 Å². The number of likely N-dealkylation sites (N-methyl/N-ethyl adjacent to an activating group) is 1. The van der Waals surface area contributed by atoms with Crippen LogP contribution in [0.2, 0.25) is 0 Å². The molecular formula is C50H91N3O4. The first kappa shape index (κ1) is 52.8. The predicted octanol–water partition coefficient (Wildman–Crippen LogP) is 12.4. The first-order chi connectivity index (χ1) is 28.0. The number of unbranched alkanes of at least 4 members (excludes halogenated alkanes) is 18. The highest BCUT2D eigenvalue weighted by molar-refractivity contribution is 5.70. The van der Waals surface area contributed by atoms with E-state index in [2.05, 4.69) is 91.1 Å². The van der Waals surface area contributed by atoms with Gasteiger partial charge in [0.2, 0.25) is 0 Å². The molecular weight excluding hydrogens is 707 g/mol. The maximum atomic E-state index is 12.7. The largest absolute Gasteiger partial charge is 0.466 e. The van der Waals surface area contributed by atoms with E-state index in [1.165, 1.54) is 116 Å². The van der Waals surface area contributed by atoms with Gasteiger partial charge < -0.3 is 19.3 Å². The lowest BCUT2D eigenvalue weighted by Crippen LogP contribution is -2.51. The molecule has 0 aliphatic carbocycles. The van der Waals surface area contributed by atoms with E-state index >= 15 is 0 Å². The summed E-state index contributed by atoms with van der Waals surface area (Å²) in [6.45, 7) is 14.1. The first-order valence-corrected chi connectivity index (χ1v) is 24.0. The number of carbonyl (C=O) groups excluding carboxylic acids is 2. The Labute approximate surface area is 353 Å². The van der Waals surface area contributed by atoms with Crippen molar-refractivity contribution in [3.05, 3.63) is 48.6 Å². The third-order valence-electron chi connectivity index (χ3n) is 11.2. The molecule has 7 nitrogen and oxygen atoms in total. The molecule has 1 unspecified atom stereocenters. The smallest absolute Gasteiger partial charge is 0.307 e. The lowest BCUT2D eigenvalue weighted by molar-refractivity contribution is -0.144. The SMILES string of the molecule is CCCCC/C=C\C/C=C\CCCCCCCCOC(=O)CCN(CCC(=O)OCCCCCCCC/C=C\C/C=C\CCCCC)CC(C)N1CCN(C)CC1. The van der Waals surface area contributed by atoms with Crippen molar-refractivity contribution >= 4 is 11.9 Å². The van der Waals surface area contributed by atoms with Crippen molar-refractivity contribution in [2.45, 2.75) is 194 Å². The standard InChI is InChI=1S/C50H91N3O4/c1-5-7-9-11-13-15-17-19-21-23-25-27-29-31-33-35-45-56-49(54)37-39-52(47-48(3)53-43-41-51(4)42-44-53)40-38-50(55)57-46-36-34-32-30-28-26-24-22-20-18-16-14-12-10-8-6-2/h13-16,19-22,48H,5-12,17-18,23-47H2,1-4H3/b15-13-,16-14-,21-19-,22-20-. The van der Waals surface area contributed by atoms with Crippen LogP contribution in [-0.4, -0.2) is 98.8 Å².